The quantitative estimate of drug-likeness (QED) is 0.418. The topological polar surface area (TPSA) is 9.23 Å². The summed E-state index contributed by atoms with van der Waals surface area (Å²) in [4.78, 5) is 0. The Balaban J connectivity index is 1.82. The third-order valence-corrected chi connectivity index (χ3v) is 4.45. The number of halogens is 2. The van der Waals surface area contributed by atoms with E-state index in [1.807, 2.05) is 49.4 Å². The van der Waals surface area contributed by atoms with Crippen LogP contribution < -0.4 is 4.74 Å². The maximum Gasteiger partial charge on any atom is 0.165 e. The number of hydrogen-bond acceptors (Lipinski definition) is 1. The highest BCUT2D eigenvalue weighted by atomic mass is 19.1. The molecule has 3 heteroatoms. The van der Waals surface area contributed by atoms with Gasteiger partial charge in [-0.2, -0.15) is 0 Å². The molecular formula is C24H22F2O. The molecule has 0 radical (unpaired) electrons. The summed E-state index contributed by atoms with van der Waals surface area (Å²) < 4.78 is 33.6. The predicted molar refractivity (Wildman–Crippen MR) is 107 cm³/mol. The zero-order chi connectivity index (χ0) is 19.2. The van der Waals surface area contributed by atoms with E-state index in [1.54, 1.807) is 18.2 Å². The molecule has 0 aromatic heterocycles. The molecule has 0 aliphatic carbocycles. The number of hydrogen-bond donors (Lipinski definition) is 0. The van der Waals surface area contributed by atoms with Crippen LogP contribution in [0.1, 0.15) is 18.9 Å². The molecule has 3 aromatic carbocycles. The lowest BCUT2D eigenvalue weighted by atomic mass is 9.98. The molecule has 3 rings (SSSR count). The molecular weight excluding hydrogens is 342 g/mol. The molecule has 0 bridgehead atoms. The number of benzene rings is 3. The standard InChI is InChI=1S/C24H22F2O/c1-3-5-6-19-11-12-20(15-22(19)25)17-7-9-18(10-8-17)21-13-14-24(27-4-2)23(26)16-21/h3,7-16H,1,4-6H2,2H3. The summed E-state index contributed by atoms with van der Waals surface area (Å²) >= 11 is 0. The Labute approximate surface area is 158 Å². The van der Waals surface area contributed by atoms with Crippen molar-refractivity contribution in [1.82, 2.24) is 0 Å². The lowest BCUT2D eigenvalue weighted by molar-refractivity contribution is 0.321. The van der Waals surface area contributed by atoms with Crippen molar-refractivity contribution in [3.05, 3.63) is 90.5 Å². The minimum Gasteiger partial charge on any atom is -0.491 e. The summed E-state index contributed by atoms with van der Waals surface area (Å²) in [5.74, 6) is -0.326. The fourth-order valence-electron chi connectivity index (χ4n) is 3.00. The monoisotopic (exact) mass is 364 g/mol. The number of aryl methyl sites for hydroxylation is 1. The third kappa shape index (κ3) is 4.43. The van der Waals surface area contributed by atoms with Crippen LogP contribution in [0.4, 0.5) is 8.78 Å². The first-order valence-corrected chi connectivity index (χ1v) is 9.05. The summed E-state index contributed by atoms with van der Waals surface area (Å²) in [6, 6.07) is 17.9. The van der Waals surface area contributed by atoms with E-state index in [0.29, 0.717) is 18.6 Å². The second-order valence-corrected chi connectivity index (χ2v) is 6.29. The average Bonchev–Trinajstić information content (AvgIpc) is 2.69. The number of rotatable bonds is 7. The van der Waals surface area contributed by atoms with Gasteiger partial charge in [0, 0.05) is 0 Å². The van der Waals surface area contributed by atoms with Gasteiger partial charge in [-0.25, -0.2) is 8.78 Å². The summed E-state index contributed by atoms with van der Waals surface area (Å²) in [5, 5.41) is 0. The Bertz CT molecular complexity index is 930. The van der Waals surface area contributed by atoms with Crippen LogP contribution in [-0.4, -0.2) is 6.61 Å². The van der Waals surface area contributed by atoms with Gasteiger partial charge in [0.2, 0.25) is 0 Å². The molecule has 0 heterocycles. The fourth-order valence-corrected chi connectivity index (χ4v) is 3.00. The molecule has 0 atom stereocenters. The van der Waals surface area contributed by atoms with E-state index in [4.69, 9.17) is 4.74 Å². The first-order chi connectivity index (χ1) is 13.1. The number of ether oxygens (including phenoxy) is 1. The van der Waals surface area contributed by atoms with Crippen molar-refractivity contribution < 1.29 is 13.5 Å². The largest absolute Gasteiger partial charge is 0.491 e. The van der Waals surface area contributed by atoms with Crippen molar-refractivity contribution in [1.29, 1.82) is 0 Å². The van der Waals surface area contributed by atoms with Gasteiger partial charge in [-0.05, 0) is 65.8 Å². The van der Waals surface area contributed by atoms with Gasteiger partial charge in [0.15, 0.2) is 11.6 Å². The summed E-state index contributed by atoms with van der Waals surface area (Å²) in [6.07, 6.45) is 3.19. The normalized spacial score (nSPS) is 10.6. The first kappa shape index (κ1) is 18.8. The van der Waals surface area contributed by atoms with E-state index in [-0.39, 0.29) is 17.4 Å². The van der Waals surface area contributed by atoms with Gasteiger partial charge in [-0.1, -0.05) is 48.5 Å². The molecule has 0 unspecified atom stereocenters. The Hall–Kier alpha value is -2.94. The van der Waals surface area contributed by atoms with E-state index in [1.165, 1.54) is 6.07 Å². The van der Waals surface area contributed by atoms with Gasteiger partial charge < -0.3 is 4.74 Å². The molecule has 0 saturated heterocycles. The third-order valence-electron chi connectivity index (χ3n) is 4.45. The second-order valence-electron chi connectivity index (χ2n) is 6.29. The molecule has 138 valence electrons. The van der Waals surface area contributed by atoms with Crippen LogP contribution in [0, 0.1) is 11.6 Å². The van der Waals surface area contributed by atoms with Crippen molar-refractivity contribution in [3.8, 4) is 28.0 Å². The SMILES string of the molecule is C=CCCc1ccc(-c2ccc(-c3ccc(OCC)c(F)c3)cc2)cc1F. The van der Waals surface area contributed by atoms with E-state index in [2.05, 4.69) is 6.58 Å². The maximum absolute atomic E-state index is 14.3. The zero-order valence-electron chi connectivity index (χ0n) is 15.3. The minimum absolute atomic E-state index is 0.202. The van der Waals surface area contributed by atoms with E-state index in [9.17, 15) is 8.78 Å². The Morgan fingerprint density at radius 3 is 1.89 bits per heavy atom. The molecule has 0 amide bonds. The zero-order valence-corrected chi connectivity index (χ0v) is 15.3. The van der Waals surface area contributed by atoms with Gasteiger partial charge in [-0.15, -0.1) is 6.58 Å². The van der Waals surface area contributed by atoms with Crippen LogP contribution in [0.5, 0.6) is 5.75 Å². The minimum atomic E-state index is -0.379. The molecule has 3 aromatic rings. The highest BCUT2D eigenvalue weighted by Gasteiger charge is 2.08. The predicted octanol–water partition coefficient (Wildman–Crippen LogP) is 6.82. The molecule has 0 aliphatic rings. The van der Waals surface area contributed by atoms with Crippen LogP contribution >= 0.6 is 0 Å². The van der Waals surface area contributed by atoms with Gasteiger partial charge in [0.25, 0.3) is 0 Å². The van der Waals surface area contributed by atoms with Crippen LogP contribution in [0.2, 0.25) is 0 Å². The van der Waals surface area contributed by atoms with Crippen molar-refractivity contribution in [2.75, 3.05) is 6.61 Å². The number of allylic oxidation sites excluding steroid dienone is 1. The Morgan fingerprint density at radius 2 is 1.37 bits per heavy atom. The van der Waals surface area contributed by atoms with Crippen molar-refractivity contribution in [2.45, 2.75) is 19.8 Å². The summed E-state index contributed by atoms with van der Waals surface area (Å²) in [6.45, 7) is 5.92. The second kappa shape index (κ2) is 8.63. The average molecular weight is 364 g/mol. The molecule has 0 N–H and O–H groups in total. The summed E-state index contributed by atoms with van der Waals surface area (Å²) in [5.41, 5.74) is 4.09. The lowest BCUT2D eigenvalue weighted by Gasteiger charge is -2.09. The van der Waals surface area contributed by atoms with Crippen molar-refractivity contribution >= 4 is 0 Å². The van der Waals surface area contributed by atoms with Gasteiger partial charge in [-0.3, -0.25) is 0 Å². The summed E-state index contributed by atoms with van der Waals surface area (Å²) in [7, 11) is 0. The fraction of sp³-hybridized carbons (Fsp3) is 0.167. The van der Waals surface area contributed by atoms with Crippen molar-refractivity contribution in [3.63, 3.8) is 0 Å². The first-order valence-electron chi connectivity index (χ1n) is 9.05. The van der Waals surface area contributed by atoms with Crippen molar-refractivity contribution in [2.24, 2.45) is 0 Å². The van der Waals surface area contributed by atoms with E-state index >= 15 is 0 Å². The molecule has 27 heavy (non-hydrogen) atoms. The van der Waals surface area contributed by atoms with Gasteiger partial charge in [0.1, 0.15) is 5.82 Å². The highest BCUT2D eigenvalue weighted by molar-refractivity contribution is 5.71. The Morgan fingerprint density at radius 1 is 0.815 bits per heavy atom. The van der Waals surface area contributed by atoms with E-state index in [0.717, 1.165) is 28.7 Å². The molecule has 0 aliphatic heterocycles. The van der Waals surface area contributed by atoms with Crippen LogP contribution in [0.3, 0.4) is 0 Å². The van der Waals surface area contributed by atoms with Gasteiger partial charge in [0.05, 0.1) is 6.61 Å². The lowest BCUT2D eigenvalue weighted by Crippen LogP contribution is -1.94. The Kier molecular flexibility index (Phi) is 6.02. The van der Waals surface area contributed by atoms with Crippen LogP contribution in [0.15, 0.2) is 73.3 Å². The highest BCUT2D eigenvalue weighted by Crippen LogP contribution is 2.29. The molecule has 0 fully saturated rings. The van der Waals surface area contributed by atoms with E-state index < -0.39 is 0 Å². The van der Waals surface area contributed by atoms with Gasteiger partial charge >= 0.3 is 0 Å². The molecule has 1 nitrogen and oxygen atoms in total. The van der Waals surface area contributed by atoms with Crippen LogP contribution in [-0.2, 0) is 6.42 Å². The maximum atomic E-state index is 14.3. The smallest absolute Gasteiger partial charge is 0.165 e. The van der Waals surface area contributed by atoms with Crippen LogP contribution in [0.25, 0.3) is 22.3 Å². The molecule has 0 saturated carbocycles. The molecule has 0 spiro atoms.